The molecule has 0 saturated carbocycles. The number of nitrogens with zero attached hydrogens (tertiary/aromatic N) is 1. The van der Waals surface area contributed by atoms with Crippen molar-refractivity contribution in [1.29, 1.82) is 0 Å². The van der Waals surface area contributed by atoms with Crippen LogP contribution in [0.5, 0.6) is 0 Å². The van der Waals surface area contributed by atoms with Gasteiger partial charge in [-0.3, -0.25) is 4.98 Å². The molecule has 0 radical (unpaired) electrons. The lowest BCUT2D eigenvalue weighted by Crippen LogP contribution is -2.34. The van der Waals surface area contributed by atoms with Crippen molar-refractivity contribution >= 4 is 13.3 Å². The summed E-state index contributed by atoms with van der Waals surface area (Å²) in [4.78, 5) is 3.08. The highest BCUT2D eigenvalue weighted by molar-refractivity contribution is 6.50. The van der Waals surface area contributed by atoms with E-state index in [1.165, 1.54) is 24.0 Å². The van der Waals surface area contributed by atoms with Crippen LogP contribution in [0.2, 0.25) is 0 Å². The Morgan fingerprint density at radius 2 is 1.83 bits per heavy atom. The van der Waals surface area contributed by atoms with Crippen LogP contribution in [0.1, 0.15) is 36.9 Å². The van der Waals surface area contributed by atoms with Crippen LogP contribution in [-0.2, 0) is 6.42 Å². The van der Waals surface area contributed by atoms with Gasteiger partial charge in [-0.05, 0) is 37.3 Å². The van der Waals surface area contributed by atoms with Crippen LogP contribution in [-0.4, -0.2) is 12.2 Å². The minimum atomic E-state index is -6.00. The van der Waals surface area contributed by atoms with Crippen LogP contribution in [0, 0.1) is 0 Å². The maximum absolute atomic E-state index is 9.75. The number of nitrogens with one attached hydrogen (secondary N) is 1. The summed E-state index contributed by atoms with van der Waals surface area (Å²) in [5.74, 6) is 0. The summed E-state index contributed by atoms with van der Waals surface area (Å²) in [5, 5.41) is 0. The van der Waals surface area contributed by atoms with Crippen LogP contribution >= 0.6 is 0 Å². The standard InChI is InChI=1S/C16H20N2.BF4/c1-3-15-7-9-16(10-8-15)6-4-5-14(2)18-12-11-17-13-18;2-1(3,4)5/h3,7-14H,1,4-6H2,2H3;/q;-1/p+1. The van der Waals surface area contributed by atoms with Gasteiger partial charge in [0, 0.05) is 0 Å². The predicted molar refractivity (Wildman–Crippen MR) is 85.4 cm³/mol. The van der Waals surface area contributed by atoms with Gasteiger partial charge >= 0.3 is 7.25 Å². The van der Waals surface area contributed by atoms with Gasteiger partial charge in [0.2, 0.25) is 6.33 Å². The molecule has 2 rings (SSSR count). The van der Waals surface area contributed by atoms with Crippen molar-refractivity contribution in [3.63, 3.8) is 0 Å². The highest BCUT2D eigenvalue weighted by Gasteiger charge is 2.20. The van der Waals surface area contributed by atoms with Gasteiger partial charge in [-0.2, -0.15) is 0 Å². The summed E-state index contributed by atoms with van der Waals surface area (Å²) in [7, 11) is -6.00. The van der Waals surface area contributed by atoms with E-state index in [0.29, 0.717) is 6.04 Å². The highest BCUT2D eigenvalue weighted by Crippen LogP contribution is 2.12. The van der Waals surface area contributed by atoms with Crippen molar-refractivity contribution in [2.24, 2.45) is 0 Å². The normalized spacial score (nSPS) is 12.2. The first kappa shape index (κ1) is 19.0. The SMILES string of the molecule is C=Cc1ccc(CCCC(C)[n+]2cc[nH]c2)cc1.F[B-](F)(F)F. The van der Waals surface area contributed by atoms with E-state index in [9.17, 15) is 17.3 Å². The molecule has 0 aliphatic rings. The first-order valence-electron chi connectivity index (χ1n) is 7.42. The zero-order valence-electron chi connectivity index (χ0n) is 13.1. The number of benzene rings is 1. The molecule has 2 nitrogen and oxygen atoms in total. The minimum Gasteiger partial charge on any atom is -0.418 e. The first-order chi connectivity index (χ1) is 10.8. The third-order valence-electron chi connectivity index (χ3n) is 3.38. The Bertz CT molecular complexity index is 559. The highest BCUT2D eigenvalue weighted by atomic mass is 19.5. The van der Waals surface area contributed by atoms with Crippen LogP contribution in [0.25, 0.3) is 6.08 Å². The Kier molecular flexibility index (Phi) is 7.58. The third-order valence-corrected chi connectivity index (χ3v) is 3.38. The van der Waals surface area contributed by atoms with E-state index in [1.807, 2.05) is 18.6 Å². The van der Waals surface area contributed by atoms with E-state index in [0.717, 1.165) is 6.42 Å². The number of aromatic amines is 1. The van der Waals surface area contributed by atoms with Gasteiger partial charge in [-0.25, -0.2) is 4.57 Å². The molecule has 0 amide bonds. The lowest BCUT2D eigenvalue weighted by atomic mass is 10.0. The summed E-state index contributed by atoms with van der Waals surface area (Å²) in [6.07, 6.45) is 11.5. The number of halogens is 4. The van der Waals surface area contributed by atoms with Crippen LogP contribution in [0.15, 0.2) is 49.6 Å². The zero-order chi connectivity index (χ0) is 17.3. The molecule has 1 N–H and O–H groups in total. The number of hydrogen-bond acceptors (Lipinski definition) is 0. The van der Waals surface area contributed by atoms with Gasteiger partial charge in [-0.1, -0.05) is 36.9 Å². The molecule has 0 aliphatic heterocycles. The summed E-state index contributed by atoms with van der Waals surface area (Å²) in [6.45, 7) is 6.03. The molecule has 126 valence electrons. The molecule has 2 aromatic rings. The number of imidazole rings is 1. The lowest BCUT2D eigenvalue weighted by Gasteiger charge is -2.07. The van der Waals surface area contributed by atoms with Crippen molar-refractivity contribution in [1.82, 2.24) is 4.98 Å². The molecular weight excluding hydrogens is 307 g/mol. The fraction of sp³-hybridized carbons (Fsp3) is 0.312. The van der Waals surface area contributed by atoms with E-state index >= 15 is 0 Å². The van der Waals surface area contributed by atoms with Crippen molar-refractivity contribution in [2.75, 3.05) is 0 Å². The van der Waals surface area contributed by atoms with Gasteiger partial charge in [0.15, 0.2) is 0 Å². The molecule has 1 aromatic carbocycles. The average molecular weight is 328 g/mol. The largest absolute Gasteiger partial charge is 0.673 e. The topological polar surface area (TPSA) is 19.7 Å². The second kappa shape index (κ2) is 9.17. The monoisotopic (exact) mass is 328 g/mol. The summed E-state index contributed by atoms with van der Waals surface area (Å²) < 4.78 is 41.2. The van der Waals surface area contributed by atoms with Gasteiger partial charge < -0.3 is 17.3 Å². The number of aryl methyl sites for hydroxylation is 1. The Labute approximate surface area is 134 Å². The number of hydrogen-bond donors (Lipinski definition) is 1. The fourth-order valence-corrected chi connectivity index (χ4v) is 2.15. The minimum absolute atomic E-state index is 0.559. The molecular formula is C16H21BF4N2. The molecule has 23 heavy (non-hydrogen) atoms. The van der Waals surface area contributed by atoms with E-state index in [4.69, 9.17) is 0 Å². The zero-order valence-corrected chi connectivity index (χ0v) is 13.1. The third kappa shape index (κ3) is 8.85. The molecule has 1 unspecified atom stereocenters. The number of aromatic nitrogens is 2. The first-order valence-corrected chi connectivity index (χ1v) is 7.42. The summed E-state index contributed by atoms with van der Waals surface area (Å²) in [5.41, 5.74) is 2.60. The average Bonchev–Trinajstić information content (AvgIpc) is 3.00. The molecule has 0 aliphatic carbocycles. The Morgan fingerprint density at radius 1 is 1.22 bits per heavy atom. The second-order valence-corrected chi connectivity index (χ2v) is 5.24. The summed E-state index contributed by atoms with van der Waals surface area (Å²) >= 11 is 0. The fourth-order valence-electron chi connectivity index (χ4n) is 2.15. The van der Waals surface area contributed by atoms with E-state index in [2.05, 4.69) is 53.5 Å². The van der Waals surface area contributed by atoms with Crippen LogP contribution in [0.4, 0.5) is 17.3 Å². The molecule has 0 fully saturated rings. The van der Waals surface area contributed by atoms with Crippen LogP contribution in [0.3, 0.4) is 0 Å². The van der Waals surface area contributed by atoms with E-state index in [-0.39, 0.29) is 0 Å². The Balaban J connectivity index is 0.000000463. The lowest BCUT2D eigenvalue weighted by molar-refractivity contribution is -0.719. The molecule has 1 atom stereocenters. The van der Waals surface area contributed by atoms with Gasteiger partial charge in [-0.15, -0.1) is 0 Å². The molecule has 7 heteroatoms. The Morgan fingerprint density at radius 3 is 2.30 bits per heavy atom. The number of H-pyrrole nitrogens is 1. The maximum atomic E-state index is 9.75. The van der Waals surface area contributed by atoms with E-state index in [1.54, 1.807) is 0 Å². The molecule has 0 spiro atoms. The van der Waals surface area contributed by atoms with Gasteiger partial charge in [0.25, 0.3) is 0 Å². The predicted octanol–water partition coefficient (Wildman–Crippen LogP) is 4.83. The van der Waals surface area contributed by atoms with Crippen molar-refractivity contribution in [2.45, 2.75) is 32.2 Å². The molecule has 1 aromatic heterocycles. The van der Waals surface area contributed by atoms with Gasteiger partial charge in [0.1, 0.15) is 12.4 Å². The van der Waals surface area contributed by atoms with E-state index < -0.39 is 7.25 Å². The molecule has 1 heterocycles. The van der Waals surface area contributed by atoms with Crippen molar-refractivity contribution in [3.05, 3.63) is 60.7 Å². The smallest absolute Gasteiger partial charge is 0.418 e. The Hall–Kier alpha value is -2.05. The van der Waals surface area contributed by atoms with Crippen molar-refractivity contribution in [3.8, 4) is 0 Å². The van der Waals surface area contributed by atoms with Crippen molar-refractivity contribution < 1.29 is 21.8 Å². The second-order valence-electron chi connectivity index (χ2n) is 5.24. The number of rotatable bonds is 6. The van der Waals surface area contributed by atoms with Crippen LogP contribution < -0.4 is 4.57 Å². The quantitative estimate of drug-likeness (QED) is 0.445. The molecule has 0 bridgehead atoms. The molecule has 0 saturated heterocycles. The maximum Gasteiger partial charge on any atom is 0.673 e. The summed E-state index contributed by atoms with van der Waals surface area (Å²) in [6, 6.07) is 9.22. The van der Waals surface area contributed by atoms with Gasteiger partial charge in [0.05, 0.1) is 6.04 Å².